The monoisotopic (exact) mass is 695 g/mol. The highest BCUT2D eigenvalue weighted by molar-refractivity contribution is 7.24. The molecule has 2 aliphatic carbocycles. The van der Waals surface area contributed by atoms with Gasteiger partial charge in [-0.3, -0.25) is 0 Å². The van der Waals surface area contributed by atoms with Gasteiger partial charge in [0, 0.05) is 16.5 Å². The number of hydrogen-bond donors (Lipinski definition) is 0. The lowest BCUT2D eigenvalue weighted by Crippen LogP contribution is -2.70. The maximum absolute atomic E-state index is 2.67. The van der Waals surface area contributed by atoms with Gasteiger partial charge in [-0.15, -0.1) is 0 Å². The molecule has 1 fully saturated rings. The van der Waals surface area contributed by atoms with Crippen molar-refractivity contribution in [2.24, 2.45) is 0 Å². The Bertz CT molecular complexity index is 2650. The zero-order valence-electron chi connectivity index (χ0n) is 30.4. The summed E-state index contributed by atoms with van der Waals surface area (Å²) in [6, 6.07) is 59.3. The van der Waals surface area contributed by atoms with Crippen molar-refractivity contribution in [3.8, 4) is 33.4 Å². The second kappa shape index (κ2) is 10.4. The van der Waals surface area contributed by atoms with E-state index in [1.807, 2.05) is 0 Å². The molecule has 254 valence electrons. The molecular formula is C51H41NSi. The van der Waals surface area contributed by atoms with E-state index in [1.165, 1.54) is 126 Å². The highest BCUT2D eigenvalue weighted by atomic mass is 28.3. The van der Waals surface area contributed by atoms with E-state index in [0.717, 1.165) is 0 Å². The van der Waals surface area contributed by atoms with E-state index in [9.17, 15) is 0 Å². The largest absolute Gasteiger partial charge is 0.310 e. The summed E-state index contributed by atoms with van der Waals surface area (Å²) in [7, 11) is -2.58. The van der Waals surface area contributed by atoms with Crippen LogP contribution >= 0.6 is 0 Å². The summed E-state index contributed by atoms with van der Waals surface area (Å²) in [5.74, 6) is 0. The van der Waals surface area contributed by atoms with Crippen molar-refractivity contribution in [1.82, 2.24) is 0 Å². The molecule has 7 aromatic rings. The number of hydrogen-bond acceptors (Lipinski definition) is 1. The molecule has 7 aromatic carbocycles. The molecule has 2 spiro atoms. The van der Waals surface area contributed by atoms with Gasteiger partial charge in [0.05, 0.1) is 11.4 Å². The van der Waals surface area contributed by atoms with E-state index in [-0.39, 0.29) is 10.8 Å². The third-order valence-corrected chi connectivity index (χ3v) is 19.0. The minimum absolute atomic E-state index is 0.0175. The molecule has 0 atom stereocenters. The van der Waals surface area contributed by atoms with Crippen LogP contribution < -0.4 is 25.6 Å². The lowest BCUT2D eigenvalue weighted by atomic mass is 9.62. The van der Waals surface area contributed by atoms with Crippen LogP contribution in [0.2, 0.25) is 0 Å². The Balaban J connectivity index is 1.16. The third kappa shape index (κ3) is 3.59. The molecule has 2 heteroatoms. The Labute approximate surface area is 313 Å². The van der Waals surface area contributed by atoms with E-state index < -0.39 is 8.07 Å². The molecule has 0 unspecified atom stereocenters. The standard InChI is InChI=1S/C51H41NSi/c1-50(2)40-20-8-4-16-34(40)39-31-43-45(32-42(39)50)52(44-22-10-9-21-41(44)51(43)28-14-3-15-29-51)33-26-27-38-37-19-7-13-25-48(37)53(49(38)30-33)46-23-11-5-17-35(46)36-18-6-12-24-47(36)53/h4-13,16-27,30-32H,3,14-15,28-29H2,1-2H3. The smallest absolute Gasteiger partial charge is 0.182 e. The molecule has 12 rings (SSSR count). The Kier molecular flexibility index (Phi) is 5.88. The minimum Gasteiger partial charge on any atom is -0.310 e. The second-order valence-electron chi connectivity index (χ2n) is 16.7. The Hall–Kier alpha value is -5.44. The molecule has 5 aliphatic rings. The number of fused-ring (bicyclic) bond motifs is 17. The SMILES string of the molecule is CC1(C)c2ccccc2-c2cc3c(cc21)N(c1ccc2c(c1)[Si]1(c4ccccc4-c4ccccc41)c1ccccc1-2)c1ccccc1C31CCCCC1. The summed E-state index contributed by atoms with van der Waals surface area (Å²) in [5.41, 5.74) is 18.4. The molecule has 1 nitrogen and oxygen atoms in total. The van der Waals surface area contributed by atoms with Crippen LogP contribution in [0.3, 0.4) is 0 Å². The summed E-state index contributed by atoms with van der Waals surface area (Å²) in [6.45, 7) is 4.86. The van der Waals surface area contributed by atoms with Crippen molar-refractivity contribution in [2.45, 2.75) is 56.8 Å². The highest BCUT2D eigenvalue weighted by Gasteiger charge is 2.54. The lowest BCUT2D eigenvalue weighted by molar-refractivity contribution is 0.344. The summed E-state index contributed by atoms with van der Waals surface area (Å²) >= 11 is 0. The van der Waals surface area contributed by atoms with Crippen LogP contribution in [0.25, 0.3) is 33.4 Å². The van der Waals surface area contributed by atoms with Crippen LogP contribution in [0, 0.1) is 0 Å². The van der Waals surface area contributed by atoms with Gasteiger partial charge in [-0.1, -0.05) is 154 Å². The molecular weight excluding hydrogens is 655 g/mol. The van der Waals surface area contributed by atoms with Gasteiger partial charge in [0.2, 0.25) is 0 Å². The van der Waals surface area contributed by atoms with Gasteiger partial charge in [-0.2, -0.15) is 0 Å². The molecule has 0 amide bonds. The first-order valence-electron chi connectivity index (χ1n) is 19.7. The average Bonchev–Trinajstić information content (AvgIpc) is 3.76. The van der Waals surface area contributed by atoms with Crippen LogP contribution in [0.1, 0.15) is 68.2 Å². The van der Waals surface area contributed by atoms with E-state index in [1.54, 1.807) is 0 Å². The van der Waals surface area contributed by atoms with Crippen LogP contribution in [0.5, 0.6) is 0 Å². The first-order chi connectivity index (χ1) is 26.0. The van der Waals surface area contributed by atoms with E-state index in [4.69, 9.17) is 0 Å². The zero-order valence-corrected chi connectivity index (χ0v) is 31.4. The molecule has 0 bridgehead atoms. The van der Waals surface area contributed by atoms with Crippen molar-refractivity contribution in [3.63, 3.8) is 0 Å². The topological polar surface area (TPSA) is 3.24 Å². The first kappa shape index (κ1) is 30.1. The fraction of sp³-hybridized carbons (Fsp3) is 0.176. The molecule has 3 aliphatic heterocycles. The summed E-state index contributed by atoms with van der Waals surface area (Å²) in [5, 5.41) is 6.12. The quantitative estimate of drug-likeness (QED) is 0.155. The van der Waals surface area contributed by atoms with Crippen molar-refractivity contribution in [3.05, 3.63) is 174 Å². The van der Waals surface area contributed by atoms with Crippen LogP contribution in [0.4, 0.5) is 17.1 Å². The van der Waals surface area contributed by atoms with E-state index >= 15 is 0 Å². The van der Waals surface area contributed by atoms with Gasteiger partial charge in [0.25, 0.3) is 0 Å². The normalized spacial score (nSPS) is 18.0. The maximum atomic E-state index is 2.67. The number of para-hydroxylation sites is 1. The maximum Gasteiger partial charge on any atom is 0.182 e. The zero-order chi connectivity index (χ0) is 35.1. The molecule has 3 heterocycles. The van der Waals surface area contributed by atoms with Crippen LogP contribution in [-0.2, 0) is 10.8 Å². The van der Waals surface area contributed by atoms with E-state index in [2.05, 4.69) is 170 Å². The minimum atomic E-state index is -2.58. The molecule has 1 saturated carbocycles. The highest BCUT2D eigenvalue weighted by Crippen LogP contribution is 2.61. The van der Waals surface area contributed by atoms with Crippen molar-refractivity contribution in [1.29, 1.82) is 0 Å². The molecule has 0 N–H and O–H groups in total. The van der Waals surface area contributed by atoms with Gasteiger partial charge in [0.1, 0.15) is 0 Å². The lowest BCUT2D eigenvalue weighted by Gasteiger charge is -2.48. The predicted molar refractivity (Wildman–Crippen MR) is 224 cm³/mol. The van der Waals surface area contributed by atoms with Gasteiger partial charge in [0.15, 0.2) is 8.07 Å². The first-order valence-corrected chi connectivity index (χ1v) is 21.7. The summed E-state index contributed by atoms with van der Waals surface area (Å²) < 4.78 is 0. The Morgan fingerprint density at radius 3 is 1.62 bits per heavy atom. The van der Waals surface area contributed by atoms with Crippen molar-refractivity contribution >= 4 is 45.9 Å². The van der Waals surface area contributed by atoms with Crippen molar-refractivity contribution in [2.75, 3.05) is 4.90 Å². The van der Waals surface area contributed by atoms with Gasteiger partial charge >= 0.3 is 0 Å². The molecule has 0 radical (unpaired) electrons. The molecule has 0 saturated heterocycles. The fourth-order valence-electron chi connectivity index (χ4n) is 11.8. The average molecular weight is 696 g/mol. The number of anilines is 3. The Morgan fingerprint density at radius 2 is 0.962 bits per heavy atom. The summed E-state index contributed by atoms with van der Waals surface area (Å²) in [6.07, 6.45) is 6.29. The molecule has 53 heavy (non-hydrogen) atoms. The van der Waals surface area contributed by atoms with Crippen molar-refractivity contribution < 1.29 is 0 Å². The van der Waals surface area contributed by atoms with Gasteiger partial charge in [-0.05, 0) is 120 Å². The predicted octanol–water partition coefficient (Wildman–Crippen LogP) is 10.4. The molecule has 0 aromatic heterocycles. The number of benzene rings is 7. The number of nitrogens with zero attached hydrogens (tertiary/aromatic N) is 1. The fourth-order valence-corrected chi connectivity index (χ4v) is 17.5. The number of rotatable bonds is 1. The summed E-state index contributed by atoms with van der Waals surface area (Å²) in [4.78, 5) is 2.67. The van der Waals surface area contributed by atoms with Gasteiger partial charge < -0.3 is 4.90 Å². The Morgan fingerprint density at radius 1 is 0.415 bits per heavy atom. The third-order valence-electron chi connectivity index (χ3n) is 14.1. The van der Waals surface area contributed by atoms with Crippen LogP contribution in [0.15, 0.2) is 152 Å². The van der Waals surface area contributed by atoms with Gasteiger partial charge in [-0.25, -0.2) is 0 Å². The van der Waals surface area contributed by atoms with E-state index in [0.29, 0.717) is 0 Å². The second-order valence-corrected chi connectivity index (χ2v) is 20.4. The van der Waals surface area contributed by atoms with Crippen LogP contribution in [-0.4, -0.2) is 8.07 Å².